The zero-order valence-corrected chi connectivity index (χ0v) is 26.1. The van der Waals surface area contributed by atoms with Gasteiger partial charge < -0.3 is 4.57 Å². The van der Waals surface area contributed by atoms with Crippen molar-refractivity contribution < 1.29 is 5.32 Å². The van der Waals surface area contributed by atoms with Gasteiger partial charge in [0.15, 0.2) is 5.69 Å². The van der Waals surface area contributed by atoms with Crippen LogP contribution in [0.2, 0.25) is 0 Å². The highest BCUT2D eigenvalue weighted by Crippen LogP contribution is 2.54. The lowest BCUT2D eigenvalue weighted by Crippen LogP contribution is -2.77. The molecule has 0 saturated carbocycles. The topological polar surface area (TPSA) is 21.5 Å². The lowest BCUT2D eigenvalue weighted by atomic mass is 9.79. The van der Waals surface area contributed by atoms with Crippen LogP contribution in [-0.4, -0.2) is 4.57 Å². The van der Waals surface area contributed by atoms with Crippen LogP contribution in [0.1, 0.15) is 35.9 Å². The molecule has 0 amide bonds. The molecule has 10 rings (SSSR count). The fraction of sp³-hybridized carbons (Fsp3) is 0.0952. The molecule has 1 atom stereocenters. The maximum atomic E-state index is 2.54. The van der Waals surface area contributed by atoms with Gasteiger partial charge in [-0.05, 0) is 93.0 Å². The molecule has 214 valence electrons. The van der Waals surface area contributed by atoms with E-state index in [1.807, 2.05) is 0 Å². The lowest BCUT2D eigenvalue weighted by molar-refractivity contribution is -0.588. The number of hydrogen-bond acceptors (Lipinski definition) is 0. The summed E-state index contributed by atoms with van der Waals surface area (Å²) in [5.41, 5.74) is 12.0. The third kappa shape index (κ3) is 3.45. The van der Waals surface area contributed by atoms with Gasteiger partial charge in [0.1, 0.15) is 0 Å². The minimum Gasteiger partial charge on any atom is -0.309 e. The average molecular weight is 597 g/mol. The first kappa shape index (κ1) is 25.5. The zero-order chi connectivity index (χ0) is 29.9. The summed E-state index contributed by atoms with van der Waals surface area (Å²) in [6.45, 7) is 4.87. The molecule has 2 aliphatic rings. The molecule has 0 radical (unpaired) electrons. The Morgan fingerprint density at radius 2 is 1.36 bits per heavy atom. The summed E-state index contributed by atoms with van der Waals surface area (Å²) in [5, 5.41) is 11.0. The summed E-state index contributed by atoms with van der Waals surface area (Å²) in [7, 11) is 0. The van der Waals surface area contributed by atoms with Crippen molar-refractivity contribution in [2.45, 2.75) is 29.5 Å². The first-order valence-electron chi connectivity index (χ1n) is 15.8. The third-order valence-electron chi connectivity index (χ3n) is 10.3. The van der Waals surface area contributed by atoms with E-state index in [-0.39, 0.29) is 5.41 Å². The summed E-state index contributed by atoms with van der Waals surface area (Å²) >= 11 is 1.37. The van der Waals surface area contributed by atoms with Crippen LogP contribution in [0, 0.1) is 0 Å². The number of benzene rings is 7. The molecule has 0 saturated heterocycles. The Balaban J connectivity index is 1.22. The van der Waals surface area contributed by atoms with Crippen molar-refractivity contribution in [3.63, 3.8) is 0 Å². The Hall–Kier alpha value is -4.83. The van der Waals surface area contributed by atoms with Gasteiger partial charge in [0.05, 0.1) is 33.7 Å². The SMILES string of the molecule is CC1(C)c2cc3c(ccc4ccc5c(c43)[NH2+]C(c3ccccc3)[SH+]5)cc2-c2ccc3c(c21)c1ccccc1n3-c1ccccc1. The van der Waals surface area contributed by atoms with E-state index >= 15 is 0 Å². The van der Waals surface area contributed by atoms with Gasteiger partial charge in [-0.25, -0.2) is 0 Å². The predicted octanol–water partition coefficient (Wildman–Crippen LogP) is 9.48. The summed E-state index contributed by atoms with van der Waals surface area (Å²) in [4.78, 5) is 1.43. The monoisotopic (exact) mass is 596 g/mol. The molecule has 3 heteroatoms. The first-order valence-corrected chi connectivity index (χ1v) is 16.8. The summed E-state index contributed by atoms with van der Waals surface area (Å²) in [6.07, 6.45) is 0. The Morgan fingerprint density at radius 1 is 0.622 bits per heavy atom. The van der Waals surface area contributed by atoms with E-state index in [1.165, 1.54) is 99.2 Å². The number of aromatic nitrogens is 1. The van der Waals surface area contributed by atoms with Gasteiger partial charge in [0.2, 0.25) is 4.90 Å². The maximum Gasteiger partial charge on any atom is 0.272 e. The Morgan fingerprint density at radius 3 is 2.20 bits per heavy atom. The van der Waals surface area contributed by atoms with Crippen LogP contribution in [0.5, 0.6) is 0 Å². The fourth-order valence-corrected chi connectivity index (χ4v) is 9.66. The molecule has 2 heterocycles. The van der Waals surface area contributed by atoms with Crippen LogP contribution in [-0.2, 0) is 17.2 Å². The zero-order valence-electron chi connectivity index (χ0n) is 25.3. The fourth-order valence-electron chi connectivity index (χ4n) is 8.33. The normalized spacial score (nSPS) is 16.4. The van der Waals surface area contributed by atoms with E-state index in [2.05, 4.69) is 157 Å². The molecular weight excluding hydrogens is 565 g/mol. The number of hydrogen-bond donors (Lipinski definition) is 1. The Labute approximate surface area is 266 Å². The molecule has 8 aromatic rings. The maximum absolute atomic E-state index is 2.54. The minimum absolute atomic E-state index is 0.154. The molecule has 0 fully saturated rings. The van der Waals surface area contributed by atoms with Crippen molar-refractivity contribution in [1.29, 1.82) is 0 Å². The van der Waals surface area contributed by atoms with Gasteiger partial charge in [0.25, 0.3) is 5.37 Å². The van der Waals surface area contributed by atoms with Crippen LogP contribution in [0.15, 0.2) is 138 Å². The predicted molar refractivity (Wildman–Crippen MR) is 191 cm³/mol. The van der Waals surface area contributed by atoms with Crippen LogP contribution in [0.3, 0.4) is 0 Å². The molecule has 0 spiro atoms. The molecule has 1 aliphatic heterocycles. The number of para-hydroxylation sites is 2. The molecule has 45 heavy (non-hydrogen) atoms. The van der Waals surface area contributed by atoms with Crippen LogP contribution in [0.4, 0.5) is 5.69 Å². The van der Waals surface area contributed by atoms with E-state index < -0.39 is 0 Å². The van der Waals surface area contributed by atoms with Gasteiger partial charge >= 0.3 is 0 Å². The molecular formula is C42H32N2S+2. The first-order chi connectivity index (χ1) is 22.1. The second-order valence-corrected chi connectivity index (χ2v) is 14.4. The highest BCUT2D eigenvalue weighted by molar-refractivity contribution is 7.79. The highest BCUT2D eigenvalue weighted by Gasteiger charge is 2.40. The largest absolute Gasteiger partial charge is 0.309 e. The molecule has 1 aliphatic carbocycles. The van der Waals surface area contributed by atoms with Gasteiger partial charge in [0, 0.05) is 27.9 Å². The summed E-state index contributed by atoms with van der Waals surface area (Å²) < 4.78 is 2.44. The second-order valence-electron chi connectivity index (χ2n) is 13.1. The number of thiol groups is 1. The van der Waals surface area contributed by atoms with Crippen molar-refractivity contribution in [3.05, 3.63) is 150 Å². The molecule has 2 nitrogen and oxygen atoms in total. The minimum atomic E-state index is -0.154. The van der Waals surface area contributed by atoms with Crippen molar-refractivity contribution in [3.8, 4) is 16.8 Å². The Bertz CT molecular complexity index is 2510. The average Bonchev–Trinajstić information content (AvgIpc) is 3.73. The second kappa shape index (κ2) is 9.10. The van der Waals surface area contributed by atoms with E-state index in [9.17, 15) is 0 Å². The Kier molecular flexibility index (Phi) is 5.16. The molecule has 2 N–H and O–H groups in total. The molecule has 7 aromatic carbocycles. The van der Waals surface area contributed by atoms with Crippen LogP contribution in [0.25, 0.3) is 60.2 Å². The van der Waals surface area contributed by atoms with Crippen LogP contribution < -0.4 is 5.32 Å². The van der Waals surface area contributed by atoms with Crippen LogP contribution >= 0.6 is 0 Å². The number of quaternary nitrogens is 1. The van der Waals surface area contributed by atoms with Crippen molar-refractivity contribution in [2.24, 2.45) is 0 Å². The highest BCUT2D eigenvalue weighted by atomic mass is 32.2. The number of rotatable bonds is 2. The van der Waals surface area contributed by atoms with E-state index in [0.29, 0.717) is 5.37 Å². The van der Waals surface area contributed by atoms with Gasteiger partial charge in [-0.3, -0.25) is 5.32 Å². The van der Waals surface area contributed by atoms with Crippen molar-refractivity contribution >= 4 is 60.8 Å². The van der Waals surface area contributed by atoms with Crippen molar-refractivity contribution in [2.75, 3.05) is 0 Å². The van der Waals surface area contributed by atoms with E-state index in [0.717, 1.165) is 0 Å². The molecule has 1 aromatic heterocycles. The van der Waals surface area contributed by atoms with Gasteiger partial charge in [-0.1, -0.05) is 86.6 Å². The van der Waals surface area contributed by atoms with E-state index in [4.69, 9.17) is 0 Å². The molecule has 0 bridgehead atoms. The quantitative estimate of drug-likeness (QED) is 0.0889. The summed E-state index contributed by atoms with van der Waals surface area (Å²) in [5.74, 6) is 0. The number of nitrogens with zero attached hydrogens (tertiary/aromatic N) is 1. The van der Waals surface area contributed by atoms with Gasteiger partial charge in [-0.15, -0.1) is 0 Å². The number of fused-ring (bicyclic) bond motifs is 12. The molecule has 1 unspecified atom stereocenters. The lowest BCUT2D eigenvalue weighted by Gasteiger charge is -2.23. The third-order valence-corrected chi connectivity index (χ3v) is 11.7. The standard InChI is InChI=1S/C42H30N2S/c1-42(2)33-24-31-27(18-17-25-19-22-36-40(37(25)31)43-41(45-36)26-11-5-3-6-12-26)23-32(33)29-20-21-35-38(39(29)42)30-15-9-10-16-34(30)44(35)28-13-7-4-8-14-28/h3-24,41,43H,1-2H3/p+2. The van der Waals surface area contributed by atoms with E-state index in [1.54, 1.807) is 0 Å². The van der Waals surface area contributed by atoms with Crippen molar-refractivity contribution in [1.82, 2.24) is 4.57 Å². The van der Waals surface area contributed by atoms with Gasteiger partial charge in [-0.2, -0.15) is 0 Å². The summed E-state index contributed by atoms with van der Waals surface area (Å²) in [6, 6.07) is 49.7. The number of nitrogens with two attached hydrogens (primary N) is 1. The smallest absolute Gasteiger partial charge is 0.272 e.